The summed E-state index contributed by atoms with van der Waals surface area (Å²) in [6.07, 6.45) is -3.36. The van der Waals surface area contributed by atoms with E-state index in [-0.39, 0.29) is 12.1 Å². The lowest BCUT2D eigenvalue weighted by Crippen LogP contribution is -2.22. The number of rotatable bonds is 2. The molecule has 1 heterocycles. The molecule has 1 aliphatic rings. The number of halogens is 3. The van der Waals surface area contributed by atoms with Gasteiger partial charge in [0.15, 0.2) is 0 Å². The molecule has 0 aliphatic carbocycles. The van der Waals surface area contributed by atoms with Crippen molar-refractivity contribution in [2.24, 2.45) is 0 Å². The van der Waals surface area contributed by atoms with Crippen LogP contribution >= 0.6 is 0 Å². The number of alkyl halides is 3. The lowest BCUT2D eigenvalue weighted by molar-refractivity contribution is -0.137. The first kappa shape index (κ1) is 12.4. The Balaban J connectivity index is 2.18. The fourth-order valence-corrected chi connectivity index (χ4v) is 2.15. The summed E-state index contributed by atoms with van der Waals surface area (Å²) in [7, 11) is 1.62. The minimum atomic E-state index is -4.28. The van der Waals surface area contributed by atoms with Gasteiger partial charge in [0.1, 0.15) is 0 Å². The normalized spacial score (nSPS) is 25.2. The van der Waals surface area contributed by atoms with Crippen LogP contribution in [-0.4, -0.2) is 19.8 Å². The molecule has 1 fully saturated rings. The second kappa shape index (κ2) is 4.66. The number of benzene rings is 1. The van der Waals surface area contributed by atoms with Gasteiger partial charge in [-0.2, -0.15) is 13.2 Å². The van der Waals surface area contributed by atoms with Crippen molar-refractivity contribution in [1.82, 2.24) is 5.32 Å². The first-order valence-electron chi connectivity index (χ1n) is 5.45. The molecule has 2 unspecified atom stereocenters. The van der Waals surface area contributed by atoms with Crippen LogP contribution in [0.3, 0.4) is 0 Å². The highest BCUT2D eigenvalue weighted by molar-refractivity contribution is 5.28. The standard InChI is InChI=1S/C12H14F3NO/c1-17-10-6-7-16-11(10)8-2-4-9(5-3-8)12(13,14)15/h2-5,10-11,16H,6-7H2,1H3. The van der Waals surface area contributed by atoms with E-state index in [1.54, 1.807) is 7.11 Å². The van der Waals surface area contributed by atoms with Crippen LogP contribution in [0.4, 0.5) is 13.2 Å². The summed E-state index contributed by atoms with van der Waals surface area (Å²) in [6, 6.07) is 5.24. The van der Waals surface area contributed by atoms with Gasteiger partial charge in [-0.25, -0.2) is 0 Å². The van der Waals surface area contributed by atoms with Crippen molar-refractivity contribution in [2.45, 2.75) is 24.7 Å². The molecule has 0 radical (unpaired) electrons. The molecule has 0 saturated carbocycles. The zero-order valence-electron chi connectivity index (χ0n) is 9.42. The Morgan fingerprint density at radius 3 is 2.41 bits per heavy atom. The number of methoxy groups -OCH3 is 1. The van der Waals surface area contributed by atoms with E-state index in [0.717, 1.165) is 30.7 Å². The molecule has 1 N–H and O–H groups in total. The van der Waals surface area contributed by atoms with E-state index in [9.17, 15) is 13.2 Å². The van der Waals surface area contributed by atoms with Crippen molar-refractivity contribution in [3.8, 4) is 0 Å². The lowest BCUT2D eigenvalue weighted by atomic mass is 10.0. The monoisotopic (exact) mass is 245 g/mol. The van der Waals surface area contributed by atoms with Gasteiger partial charge >= 0.3 is 6.18 Å². The van der Waals surface area contributed by atoms with E-state index >= 15 is 0 Å². The van der Waals surface area contributed by atoms with Crippen LogP contribution in [0.5, 0.6) is 0 Å². The summed E-state index contributed by atoms with van der Waals surface area (Å²) in [4.78, 5) is 0. The molecular formula is C12H14F3NO. The molecular weight excluding hydrogens is 231 g/mol. The predicted molar refractivity (Wildman–Crippen MR) is 57.6 cm³/mol. The predicted octanol–water partition coefficient (Wildman–Crippen LogP) is 2.75. The molecule has 0 spiro atoms. The molecule has 0 amide bonds. The minimum absolute atomic E-state index is 0.0118. The molecule has 1 aromatic carbocycles. The van der Waals surface area contributed by atoms with Gasteiger partial charge in [0.05, 0.1) is 17.7 Å². The highest BCUT2D eigenvalue weighted by atomic mass is 19.4. The van der Waals surface area contributed by atoms with Gasteiger partial charge in [0.25, 0.3) is 0 Å². The largest absolute Gasteiger partial charge is 0.416 e. The van der Waals surface area contributed by atoms with Crippen LogP contribution < -0.4 is 5.32 Å². The molecule has 0 bridgehead atoms. The zero-order chi connectivity index (χ0) is 12.5. The van der Waals surface area contributed by atoms with Crippen LogP contribution in [0, 0.1) is 0 Å². The Morgan fingerprint density at radius 1 is 1.24 bits per heavy atom. The summed E-state index contributed by atoms with van der Waals surface area (Å²) in [6.45, 7) is 0.824. The zero-order valence-corrected chi connectivity index (χ0v) is 9.42. The van der Waals surface area contributed by atoms with Gasteiger partial charge in [0.2, 0.25) is 0 Å². The Hall–Kier alpha value is -1.07. The molecule has 1 aliphatic heterocycles. The fraction of sp³-hybridized carbons (Fsp3) is 0.500. The molecule has 94 valence electrons. The average Bonchev–Trinajstić information content (AvgIpc) is 2.76. The maximum absolute atomic E-state index is 12.4. The smallest absolute Gasteiger partial charge is 0.379 e. The van der Waals surface area contributed by atoms with E-state index in [0.29, 0.717) is 0 Å². The van der Waals surface area contributed by atoms with Gasteiger partial charge in [-0.1, -0.05) is 12.1 Å². The Morgan fingerprint density at radius 2 is 1.88 bits per heavy atom. The van der Waals surface area contributed by atoms with Gasteiger partial charge < -0.3 is 10.1 Å². The highest BCUT2D eigenvalue weighted by Gasteiger charge is 2.32. The Bertz CT molecular complexity index is 374. The number of hydrogen-bond acceptors (Lipinski definition) is 2. The Labute approximate surface area is 97.8 Å². The van der Waals surface area contributed by atoms with Crippen molar-refractivity contribution < 1.29 is 17.9 Å². The maximum Gasteiger partial charge on any atom is 0.416 e. The van der Waals surface area contributed by atoms with Gasteiger partial charge in [-0.15, -0.1) is 0 Å². The topological polar surface area (TPSA) is 21.3 Å². The minimum Gasteiger partial charge on any atom is -0.379 e. The molecule has 2 nitrogen and oxygen atoms in total. The highest BCUT2D eigenvalue weighted by Crippen LogP contribution is 2.31. The van der Waals surface area contributed by atoms with Crippen LogP contribution in [0.1, 0.15) is 23.6 Å². The fourth-order valence-electron chi connectivity index (χ4n) is 2.15. The van der Waals surface area contributed by atoms with E-state index < -0.39 is 11.7 Å². The third-order valence-corrected chi connectivity index (χ3v) is 3.06. The van der Waals surface area contributed by atoms with E-state index in [1.165, 1.54) is 12.1 Å². The third-order valence-electron chi connectivity index (χ3n) is 3.06. The first-order chi connectivity index (χ1) is 8.02. The summed E-state index contributed by atoms with van der Waals surface area (Å²) in [5.41, 5.74) is 0.218. The first-order valence-corrected chi connectivity index (χ1v) is 5.45. The van der Waals surface area contributed by atoms with Crippen LogP contribution in [0.15, 0.2) is 24.3 Å². The number of ether oxygens (including phenoxy) is 1. The van der Waals surface area contributed by atoms with Crippen molar-refractivity contribution >= 4 is 0 Å². The Kier molecular flexibility index (Phi) is 3.40. The molecule has 0 aromatic heterocycles. The molecule has 1 aromatic rings. The number of hydrogen-bond donors (Lipinski definition) is 1. The van der Waals surface area contributed by atoms with E-state index in [2.05, 4.69) is 5.32 Å². The lowest BCUT2D eigenvalue weighted by Gasteiger charge is -2.19. The maximum atomic E-state index is 12.4. The van der Waals surface area contributed by atoms with E-state index in [1.807, 2.05) is 0 Å². The van der Waals surface area contributed by atoms with Crippen molar-refractivity contribution in [3.05, 3.63) is 35.4 Å². The summed E-state index contributed by atoms with van der Waals surface area (Å²) in [5, 5.41) is 3.23. The summed E-state index contributed by atoms with van der Waals surface area (Å²) in [5.74, 6) is 0. The third kappa shape index (κ3) is 2.61. The van der Waals surface area contributed by atoms with E-state index in [4.69, 9.17) is 4.74 Å². The molecule has 2 atom stereocenters. The molecule has 17 heavy (non-hydrogen) atoms. The van der Waals surface area contributed by atoms with Crippen molar-refractivity contribution in [2.75, 3.05) is 13.7 Å². The molecule has 5 heteroatoms. The van der Waals surface area contributed by atoms with Gasteiger partial charge in [-0.3, -0.25) is 0 Å². The number of nitrogens with one attached hydrogen (secondary N) is 1. The van der Waals surface area contributed by atoms with Crippen molar-refractivity contribution in [3.63, 3.8) is 0 Å². The second-order valence-corrected chi connectivity index (χ2v) is 4.11. The summed E-state index contributed by atoms with van der Waals surface area (Å²) < 4.78 is 42.5. The summed E-state index contributed by atoms with van der Waals surface area (Å²) >= 11 is 0. The second-order valence-electron chi connectivity index (χ2n) is 4.11. The molecule has 2 rings (SSSR count). The average molecular weight is 245 g/mol. The van der Waals surface area contributed by atoms with Crippen molar-refractivity contribution in [1.29, 1.82) is 0 Å². The molecule has 1 saturated heterocycles. The SMILES string of the molecule is COC1CCNC1c1ccc(C(F)(F)F)cc1. The van der Waals surface area contributed by atoms with Gasteiger partial charge in [-0.05, 0) is 30.7 Å². The van der Waals surface area contributed by atoms with Crippen LogP contribution in [0.25, 0.3) is 0 Å². The van der Waals surface area contributed by atoms with Crippen LogP contribution in [-0.2, 0) is 10.9 Å². The van der Waals surface area contributed by atoms with Gasteiger partial charge in [0, 0.05) is 7.11 Å². The van der Waals surface area contributed by atoms with Crippen LogP contribution in [0.2, 0.25) is 0 Å². The quantitative estimate of drug-likeness (QED) is 0.865.